The number of carboxylic acids is 1. The summed E-state index contributed by atoms with van der Waals surface area (Å²) >= 11 is 0. The maximum Gasteiger partial charge on any atom is 0.335 e. The van der Waals surface area contributed by atoms with E-state index in [4.69, 9.17) is 9.84 Å². The van der Waals surface area contributed by atoms with Crippen LogP contribution in [0, 0.1) is 6.92 Å². The van der Waals surface area contributed by atoms with E-state index in [2.05, 4.69) is 0 Å². The zero-order chi connectivity index (χ0) is 14.5. The fraction of sp³-hybridized carbons (Fsp3) is 0.235. The summed E-state index contributed by atoms with van der Waals surface area (Å²) in [5, 5.41) is 9.14. The maximum absolute atomic E-state index is 11.1. The molecule has 0 saturated heterocycles. The molecule has 0 spiro atoms. The quantitative estimate of drug-likeness (QED) is 0.898. The van der Waals surface area contributed by atoms with Crippen LogP contribution in [0.3, 0.4) is 0 Å². The Labute approximate surface area is 118 Å². The van der Waals surface area contributed by atoms with Gasteiger partial charge in [0.1, 0.15) is 12.4 Å². The van der Waals surface area contributed by atoms with Crippen LogP contribution in [0.25, 0.3) is 0 Å². The molecule has 0 heterocycles. The van der Waals surface area contributed by atoms with Crippen LogP contribution < -0.4 is 4.74 Å². The van der Waals surface area contributed by atoms with Gasteiger partial charge < -0.3 is 9.84 Å². The first-order valence-electron chi connectivity index (χ1n) is 6.65. The van der Waals surface area contributed by atoms with Crippen molar-refractivity contribution in [1.82, 2.24) is 0 Å². The van der Waals surface area contributed by atoms with E-state index >= 15 is 0 Å². The number of aromatic carboxylic acids is 1. The van der Waals surface area contributed by atoms with Gasteiger partial charge in [-0.1, -0.05) is 37.3 Å². The third-order valence-electron chi connectivity index (χ3n) is 3.26. The molecule has 0 fully saturated rings. The second-order valence-corrected chi connectivity index (χ2v) is 4.71. The van der Waals surface area contributed by atoms with Crippen molar-refractivity contribution in [3.8, 4) is 5.75 Å². The molecule has 0 amide bonds. The van der Waals surface area contributed by atoms with Crippen LogP contribution in [0.1, 0.15) is 34.0 Å². The topological polar surface area (TPSA) is 46.5 Å². The van der Waals surface area contributed by atoms with Gasteiger partial charge in [-0.3, -0.25) is 0 Å². The van der Waals surface area contributed by atoms with E-state index < -0.39 is 5.97 Å². The van der Waals surface area contributed by atoms with Gasteiger partial charge in [-0.05, 0) is 42.2 Å². The van der Waals surface area contributed by atoms with Crippen molar-refractivity contribution < 1.29 is 14.6 Å². The third kappa shape index (κ3) is 3.18. The van der Waals surface area contributed by atoms with Gasteiger partial charge in [0.05, 0.1) is 5.56 Å². The fourth-order valence-corrected chi connectivity index (χ4v) is 2.10. The molecule has 3 nitrogen and oxygen atoms in total. The standard InChI is InChI=1S/C17H18O3/c1-3-14-10-15(17(18)19)12(2)9-16(14)20-11-13-7-5-4-6-8-13/h4-10H,3,11H2,1-2H3,(H,18,19). The molecule has 0 bridgehead atoms. The van der Waals surface area contributed by atoms with E-state index in [1.165, 1.54) is 0 Å². The van der Waals surface area contributed by atoms with Crippen LogP contribution in [0.15, 0.2) is 42.5 Å². The van der Waals surface area contributed by atoms with Gasteiger partial charge in [0, 0.05) is 0 Å². The number of benzene rings is 2. The molecular weight excluding hydrogens is 252 g/mol. The number of carboxylic acid groups (broad SMARTS) is 1. The average molecular weight is 270 g/mol. The zero-order valence-electron chi connectivity index (χ0n) is 11.7. The van der Waals surface area contributed by atoms with Crippen molar-refractivity contribution in [2.45, 2.75) is 26.9 Å². The molecule has 2 aromatic rings. The van der Waals surface area contributed by atoms with Crippen LogP contribution >= 0.6 is 0 Å². The Morgan fingerprint density at radius 2 is 1.90 bits per heavy atom. The van der Waals surface area contributed by atoms with E-state index in [0.29, 0.717) is 12.2 Å². The molecule has 0 saturated carbocycles. The van der Waals surface area contributed by atoms with E-state index in [1.54, 1.807) is 13.0 Å². The molecule has 0 unspecified atom stereocenters. The van der Waals surface area contributed by atoms with Crippen LogP contribution in [0.5, 0.6) is 5.75 Å². The van der Waals surface area contributed by atoms with Crippen molar-refractivity contribution in [3.63, 3.8) is 0 Å². The van der Waals surface area contributed by atoms with Crippen molar-refractivity contribution in [2.75, 3.05) is 0 Å². The van der Waals surface area contributed by atoms with E-state index in [1.807, 2.05) is 43.3 Å². The summed E-state index contributed by atoms with van der Waals surface area (Å²) in [5.74, 6) is -0.134. The molecule has 0 atom stereocenters. The minimum absolute atomic E-state index is 0.342. The lowest BCUT2D eigenvalue weighted by Gasteiger charge is -2.13. The monoisotopic (exact) mass is 270 g/mol. The third-order valence-corrected chi connectivity index (χ3v) is 3.26. The first-order valence-corrected chi connectivity index (χ1v) is 6.65. The molecule has 0 aliphatic heterocycles. The highest BCUT2D eigenvalue weighted by molar-refractivity contribution is 5.89. The molecule has 104 valence electrons. The van der Waals surface area contributed by atoms with Crippen LogP contribution in [-0.4, -0.2) is 11.1 Å². The molecule has 0 aromatic heterocycles. The van der Waals surface area contributed by atoms with Gasteiger partial charge >= 0.3 is 5.97 Å². The van der Waals surface area contributed by atoms with Gasteiger partial charge in [-0.2, -0.15) is 0 Å². The molecule has 0 aliphatic rings. The Kier molecular flexibility index (Phi) is 4.41. The predicted octanol–water partition coefficient (Wildman–Crippen LogP) is 3.83. The predicted molar refractivity (Wildman–Crippen MR) is 78.3 cm³/mol. The molecular formula is C17H18O3. The summed E-state index contributed by atoms with van der Waals surface area (Å²) in [6, 6.07) is 13.4. The number of carbonyl (C=O) groups is 1. The van der Waals surface area contributed by atoms with Crippen LogP contribution in [-0.2, 0) is 13.0 Å². The molecule has 0 aliphatic carbocycles. The number of hydrogen-bond donors (Lipinski definition) is 1. The van der Waals surface area contributed by atoms with Gasteiger partial charge in [0.25, 0.3) is 0 Å². The van der Waals surface area contributed by atoms with Crippen LogP contribution in [0.4, 0.5) is 0 Å². The Morgan fingerprint density at radius 3 is 2.50 bits per heavy atom. The first-order chi connectivity index (χ1) is 9.61. The normalized spacial score (nSPS) is 10.3. The minimum atomic E-state index is -0.896. The Balaban J connectivity index is 2.23. The first kappa shape index (κ1) is 14.1. The number of hydrogen-bond acceptors (Lipinski definition) is 2. The Hall–Kier alpha value is -2.29. The summed E-state index contributed by atoms with van der Waals surface area (Å²) in [6.45, 7) is 4.27. The molecule has 1 N–H and O–H groups in total. The van der Waals surface area contributed by atoms with Crippen molar-refractivity contribution >= 4 is 5.97 Å². The average Bonchev–Trinajstić information content (AvgIpc) is 2.46. The van der Waals surface area contributed by atoms with Crippen molar-refractivity contribution in [3.05, 3.63) is 64.7 Å². The van der Waals surface area contributed by atoms with E-state index in [9.17, 15) is 4.79 Å². The van der Waals surface area contributed by atoms with Crippen LogP contribution in [0.2, 0.25) is 0 Å². The second kappa shape index (κ2) is 6.24. The Morgan fingerprint density at radius 1 is 1.20 bits per heavy atom. The summed E-state index contributed by atoms with van der Waals surface area (Å²) in [6.07, 6.45) is 0.741. The largest absolute Gasteiger partial charge is 0.489 e. The highest BCUT2D eigenvalue weighted by Crippen LogP contribution is 2.25. The maximum atomic E-state index is 11.1. The summed E-state index contributed by atoms with van der Waals surface area (Å²) in [5.41, 5.74) is 3.07. The van der Waals surface area contributed by atoms with Gasteiger partial charge in [0.15, 0.2) is 0 Å². The number of ether oxygens (including phenoxy) is 1. The van der Waals surface area contributed by atoms with Gasteiger partial charge in [0.2, 0.25) is 0 Å². The fourth-order valence-electron chi connectivity index (χ4n) is 2.10. The van der Waals surface area contributed by atoms with E-state index in [-0.39, 0.29) is 0 Å². The van der Waals surface area contributed by atoms with E-state index in [0.717, 1.165) is 28.9 Å². The smallest absolute Gasteiger partial charge is 0.335 e. The molecule has 3 heteroatoms. The van der Waals surface area contributed by atoms with Gasteiger partial charge in [-0.25, -0.2) is 4.79 Å². The highest BCUT2D eigenvalue weighted by Gasteiger charge is 2.12. The van der Waals surface area contributed by atoms with Gasteiger partial charge in [-0.15, -0.1) is 0 Å². The SMILES string of the molecule is CCc1cc(C(=O)O)c(C)cc1OCc1ccccc1. The molecule has 20 heavy (non-hydrogen) atoms. The minimum Gasteiger partial charge on any atom is -0.489 e. The van der Waals surface area contributed by atoms with Crippen molar-refractivity contribution in [2.24, 2.45) is 0 Å². The second-order valence-electron chi connectivity index (χ2n) is 4.71. The number of rotatable bonds is 5. The summed E-state index contributed by atoms with van der Waals surface area (Å²) < 4.78 is 5.84. The number of aryl methyl sites for hydroxylation is 2. The zero-order valence-corrected chi connectivity index (χ0v) is 11.7. The lowest BCUT2D eigenvalue weighted by Crippen LogP contribution is -2.04. The lowest BCUT2D eigenvalue weighted by atomic mass is 10.0. The summed E-state index contributed by atoms with van der Waals surface area (Å²) in [7, 11) is 0. The Bertz CT molecular complexity index is 603. The lowest BCUT2D eigenvalue weighted by molar-refractivity contribution is 0.0696. The molecule has 0 radical (unpaired) electrons. The van der Waals surface area contributed by atoms with Crippen molar-refractivity contribution in [1.29, 1.82) is 0 Å². The molecule has 2 aromatic carbocycles. The molecule has 2 rings (SSSR count). The highest BCUT2D eigenvalue weighted by atomic mass is 16.5. The summed E-state index contributed by atoms with van der Waals surface area (Å²) in [4.78, 5) is 11.1.